The molecule has 1 aromatic heterocycles. The summed E-state index contributed by atoms with van der Waals surface area (Å²) in [5.74, 6) is 0.900. The van der Waals surface area contributed by atoms with Crippen LogP contribution in [-0.2, 0) is 13.2 Å². The molecular formula is C16H19BrN2O. The third kappa shape index (κ3) is 4.32. The zero-order chi connectivity index (χ0) is 14.4. The van der Waals surface area contributed by atoms with E-state index >= 15 is 0 Å². The number of ether oxygens (including phenoxy) is 1. The Morgan fingerprint density at radius 3 is 2.85 bits per heavy atom. The molecule has 1 aromatic carbocycles. The lowest BCUT2D eigenvalue weighted by atomic mass is 10.2. The molecule has 0 aliphatic heterocycles. The van der Waals surface area contributed by atoms with Crippen LogP contribution in [-0.4, -0.2) is 11.5 Å². The highest BCUT2D eigenvalue weighted by Gasteiger charge is 2.05. The molecule has 0 spiro atoms. The molecule has 0 unspecified atom stereocenters. The largest absolute Gasteiger partial charge is 0.487 e. The van der Waals surface area contributed by atoms with Crippen LogP contribution >= 0.6 is 15.9 Å². The molecule has 0 fully saturated rings. The molecule has 1 heterocycles. The molecule has 3 nitrogen and oxygen atoms in total. The number of nitrogens with zero attached hydrogens (tertiary/aromatic N) is 1. The average molecular weight is 335 g/mol. The molecule has 0 saturated carbocycles. The van der Waals surface area contributed by atoms with Gasteiger partial charge in [-0.05, 0) is 43.8 Å². The summed E-state index contributed by atoms with van der Waals surface area (Å²) in [5.41, 5.74) is 3.10. The number of halogens is 1. The number of pyridine rings is 1. The molecule has 2 rings (SSSR count). The second-order valence-corrected chi connectivity index (χ2v) is 5.51. The maximum atomic E-state index is 5.91. The second-order valence-electron chi connectivity index (χ2n) is 4.59. The van der Waals surface area contributed by atoms with Crippen molar-refractivity contribution in [1.82, 2.24) is 10.3 Å². The van der Waals surface area contributed by atoms with Crippen LogP contribution in [0.2, 0.25) is 0 Å². The maximum Gasteiger partial charge on any atom is 0.130 e. The highest BCUT2D eigenvalue weighted by Crippen LogP contribution is 2.24. The van der Waals surface area contributed by atoms with Crippen molar-refractivity contribution in [3.05, 3.63) is 57.8 Å². The minimum atomic E-state index is 0.489. The van der Waals surface area contributed by atoms with Crippen LogP contribution in [0.15, 0.2) is 40.9 Å². The summed E-state index contributed by atoms with van der Waals surface area (Å²) in [6.45, 7) is 6.30. The van der Waals surface area contributed by atoms with Gasteiger partial charge in [-0.15, -0.1) is 0 Å². The molecular weight excluding hydrogens is 316 g/mol. The van der Waals surface area contributed by atoms with Crippen molar-refractivity contribution in [1.29, 1.82) is 0 Å². The lowest BCUT2D eigenvalue weighted by Crippen LogP contribution is -2.13. The van der Waals surface area contributed by atoms with E-state index in [9.17, 15) is 0 Å². The summed E-state index contributed by atoms with van der Waals surface area (Å²) in [6, 6.07) is 12.0. The summed E-state index contributed by atoms with van der Waals surface area (Å²) in [7, 11) is 0. The third-order valence-corrected chi connectivity index (χ3v) is 3.40. The van der Waals surface area contributed by atoms with Crippen LogP contribution < -0.4 is 10.1 Å². The summed E-state index contributed by atoms with van der Waals surface area (Å²) < 4.78 is 6.97. The molecule has 0 aliphatic carbocycles. The van der Waals surface area contributed by atoms with Gasteiger partial charge in [0.1, 0.15) is 12.4 Å². The number of benzene rings is 1. The fourth-order valence-corrected chi connectivity index (χ4v) is 2.33. The van der Waals surface area contributed by atoms with Crippen molar-refractivity contribution in [2.24, 2.45) is 0 Å². The van der Waals surface area contributed by atoms with E-state index < -0.39 is 0 Å². The predicted octanol–water partition coefficient (Wildman–Crippen LogP) is 3.84. The van der Waals surface area contributed by atoms with Crippen molar-refractivity contribution in [2.45, 2.75) is 27.0 Å². The topological polar surface area (TPSA) is 34.1 Å². The van der Waals surface area contributed by atoms with Gasteiger partial charge in [0.2, 0.25) is 0 Å². The fraction of sp³-hybridized carbons (Fsp3) is 0.312. The van der Waals surface area contributed by atoms with Gasteiger partial charge < -0.3 is 10.1 Å². The molecule has 20 heavy (non-hydrogen) atoms. The standard InChI is InChI=1S/C16H19BrN2O/c1-3-18-10-13-9-14(17)7-8-16(13)20-11-15-6-4-5-12(2)19-15/h4-9,18H,3,10-11H2,1-2H3. The van der Waals surface area contributed by atoms with Gasteiger partial charge in [-0.1, -0.05) is 28.9 Å². The van der Waals surface area contributed by atoms with Gasteiger partial charge in [0.15, 0.2) is 0 Å². The summed E-state index contributed by atoms with van der Waals surface area (Å²) in [5, 5.41) is 3.32. The van der Waals surface area contributed by atoms with Crippen molar-refractivity contribution in [3.8, 4) is 5.75 Å². The molecule has 2 aromatic rings. The van der Waals surface area contributed by atoms with E-state index in [1.807, 2.05) is 37.3 Å². The molecule has 0 atom stereocenters. The number of hydrogen-bond acceptors (Lipinski definition) is 3. The smallest absolute Gasteiger partial charge is 0.130 e. The normalized spacial score (nSPS) is 10.6. The van der Waals surface area contributed by atoms with Crippen molar-refractivity contribution in [2.75, 3.05) is 6.54 Å². The Morgan fingerprint density at radius 1 is 1.25 bits per heavy atom. The number of aromatic nitrogens is 1. The Bertz CT molecular complexity index is 572. The van der Waals surface area contributed by atoms with E-state index in [-0.39, 0.29) is 0 Å². The molecule has 0 aliphatic rings. The van der Waals surface area contributed by atoms with Gasteiger partial charge >= 0.3 is 0 Å². The van der Waals surface area contributed by atoms with E-state index in [0.717, 1.165) is 40.3 Å². The maximum absolute atomic E-state index is 5.91. The third-order valence-electron chi connectivity index (χ3n) is 2.91. The lowest BCUT2D eigenvalue weighted by Gasteiger charge is -2.12. The highest BCUT2D eigenvalue weighted by atomic mass is 79.9. The molecule has 0 saturated heterocycles. The average Bonchev–Trinajstić information content (AvgIpc) is 2.44. The fourth-order valence-electron chi connectivity index (χ4n) is 1.92. The first-order chi connectivity index (χ1) is 9.69. The Morgan fingerprint density at radius 2 is 2.10 bits per heavy atom. The zero-order valence-electron chi connectivity index (χ0n) is 11.8. The number of nitrogens with one attached hydrogen (secondary N) is 1. The van der Waals surface area contributed by atoms with Crippen molar-refractivity contribution in [3.63, 3.8) is 0 Å². The number of aryl methyl sites for hydroxylation is 1. The van der Waals surface area contributed by atoms with Crippen molar-refractivity contribution < 1.29 is 4.74 Å². The van der Waals surface area contributed by atoms with E-state index in [1.54, 1.807) is 0 Å². The number of hydrogen-bond donors (Lipinski definition) is 1. The quantitative estimate of drug-likeness (QED) is 0.871. The van der Waals surface area contributed by atoms with Crippen LogP contribution in [0.25, 0.3) is 0 Å². The minimum Gasteiger partial charge on any atom is -0.487 e. The number of rotatable bonds is 6. The summed E-state index contributed by atoms with van der Waals surface area (Å²) >= 11 is 3.50. The van der Waals surface area contributed by atoms with Gasteiger partial charge in [-0.2, -0.15) is 0 Å². The monoisotopic (exact) mass is 334 g/mol. The van der Waals surface area contributed by atoms with Crippen LogP contribution in [0.1, 0.15) is 23.9 Å². The van der Waals surface area contributed by atoms with Gasteiger partial charge in [0.25, 0.3) is 0 Å². The van der Waals surface area contributed by atoms with Gasteiger partial charge in [-0.25, -0.2) is 0 Å². The molecule has 0 radical (unpaired) electrons. The Hall–Kier alpha value is -1.39. The van der Waals surface area contributed by atoms with Crippen LogP contribution in [0.3, 0.4) is 0 Å². The zero-order valence-corrected chi connectivity index (χ0v) is 13.4. The van der Waals surface area contributed by atoms with Crippen LogP contribution in [0, 0.1) is 6.92 Å². The van der Waals surface area contributed by atoms with Gasteiger partial charge in [-0.3, -0.25) is 4.98 Å². The lowest BCUT2D eigenvalue weighted by molar-refractivity contribution is 0.297. The summed E-state index contributed by atoms with van der Waals surface area (Å²) in [6.07, 6.45) is 0. The van der Waals surface area contributed by atoms with Crippen LogP contribution in [0.5, 0.6) is 5.75 Å². The van der Waals surface area contributed by atoms with E-state index in [0.29, 0.717) is 6.61 Å². The first kappa shape index (κ1) is 15.0. The molecule has 1 N–H and O–H groups in total. The van der Waals surface area contributed by atoms with E-state index in [4.69, 9.17) is 4.74 Å². The Labute approximate surface area is 128 Å². The first-order valence-electron chi connectivity index (χ1n) is 6.73. The highest BCUT2D eigenvalue weighted by molar-refractivity contribution is 9.10. The minimum absolute atomic E-state index is 0.489. The predicted molar refractivity (Wildman–Crippen MR) is 84.8 cm³/mol. The SMILES string of the molecule is CCNCc1cc(Br)ccc1OCc1cccc(C)n1. The molecule has 106 valence electrons. The molecule has 0 bridgehead atoms. The Kier molecular flexibility index (Phi) is 5.56. The van der Waals surface area contributed by atoms with Gasteiger partial charge in [0, 0.05) is 22.3 Å². The van der Waals surface area contributed by atoms with Crippen LogP contribution in [0.4, 0.5) is 0 Å². The van der Waals surface area contributed by atoms with Gasteiger partial charge in [0.05, 0.1) is 5.69 Å². The van der Waals surface area contributed by atoms with E-state index in [1.165, 1.54) is 0 Å². The molecule has 4 heteroatoms. The Balaban J connectivity index is 2.08. The van der Waals surface area contributed by atoms with E-state index in [2.05, 4.69) is 39.2 Å². The summed E-state index contributed by atoms with van der Waals surface area (Å²) in [4.78, 5) is 4.45. The molecule has 0 amide bonds. The second kappa shape index (κ2) is 7.41. The first-order valence-corrected chi connectivity index (χ1v) is 7.53. The van der Waals surface area contributed by atoms with Crippen molar-refractivity contribution >= 4 is 15.9 Å².